The van der Waals surface area contributed by atoms with Crippen molar-refractivity contribution in [2.24, 2.45) is 0 Å². The highest BCUT2D eigenvalue weighted by Crippen LogP contribution is 2.42. The molecule has 0 spiro atoms. The van der Waals surface area contributed by atoms with Crippen LogP contribution in [0.15, 0.2) is 48.5 Å². The number of carboxylic acids is 1. The molecule has 0 radical (unpaired) electrons. The van der Waals surface area contributed by atoms with Crippen LogP contribution in [0.1, 0.15) is 43.0 Å². The number of benzene rings is 2. The van der Waals surface area contributed by atoms with Gasteiger partial charge in [0.1, 0.15) is 12.7 Å². The first-order valence-electron chi connectivity index (χ1n) is 10.3. The Kier molecular flexibility index (Phi) is 8.32. The van der Waals surface area contributed by atoms with Crippen LogP contribution in [0.25, 0.3) is 0 Å². The normalized spacial score (nSPS) is 20.0. The SMILES string of the molecule is CCC[C@H](CNCC(=O)O)N1C(=O)CO[C@H](c2ccc(Cl)cc2)[C@@H]1c1ccc(Cl)cc1. The molecular weight excluding hydrogens is 439 g/mol. The summed E-state index contributed by atoms with van der Waals surface area (Å²) in [4.78, 5) is 25.9. The number of amides is 1. The van der Waals surface area contributed by atoms with E-state index in [2.05, 4.69) is 5.32 Å². The van der Waals surface area contributed by atoms with Gasteiger partial charge in [-0.15, -0.1) is 0 Å². The molecule has 0 saturated carbocycles. The summed E-state index contributed by atoms with van der Waals surface area (Å²) >= 11 is 12.2. The molecule has 31 heavy (non-hydrogen) atoms. The largest absolute Gasteiger partial charge is 0.480 e. The van der Waals surface area contributed by atoms with Crippen LogP contribution >= 0.6 is 23.2 Å². The molecule has 2 N–H and O–H groups in total. The van der Waals surface area contributed by atoms with Gasteiger partial charge in [-0.1, -0.05) is 60.8 Å². The third-order valence-corrected chi connectivity index (χ3v) is 5.85. The lowest BCUT2D eigenvalue weighted by Crippen LogP contribution is -2.54. The summed E-state index contributed by atoms with van der Waals surface area (Å²) in [6, 6.07) is 14.2. The molecule has 3 atom stereocenters. The fourth-order valence-corrected chi connectivity index (χ4v) is 4.26. The Morgan fingerprint density at radius 1 is 1.13 bits per heavy atom. The first-order chi connectivity index (χ1) is 14.9. The Hall–Kier alpha value is -2.12. The van der Waals surface area contributed by atoms with Crippen molar-refractivity contribution >= 4 is 35.1 Å². The molecule has 1 aliphatic rings. The van der Waals surface area contributed by atoms with E-state index in [9.17, 15) is 9.59 Å². The van der Waals surface area contributed by atoms with Gasteiger partial charge in [0.2, 0.25) is 5.91 Å². The summed E-state index contributed by atoms with van der Waals surface area (Å²) in [7, 11) is 0. The topological polar surface area (TPSA) is 78.9 Å². The standard InChI is InChI=1S/C23H26Cl2N2O4/c1-2-3-19(12-26-13-21(29)30)27-20(28)14-31-23(16-6-10-18(25)11-7-16)22(27)15-4-8-17(24)9-5-15/h4-11,19,22-23,26H,2-3,12-14H2,1H3,(H,29,30)/t19-,22+,23-/m1/s1. The van der Waals surface area contributed by atoms with E-state index in [4.69, 9.17) is 33.0 Å². The molecule has 2 aromatic rings. The van der Waals surface area contributed by atoms with Crippen molar-refractivity contribution < 1.29 is 19.4 Å². The second-order valence-corrected chi connectivity index (χ2v) is 8.42. The Morgan fingerprint density at radius 2 is 1.71 bits per heavy atom. The van der Waals surface area contributed by atoms with Gasteiger partial charge in [0.05, 0.1) is 12.6 Å². The second-order valence-electron chi connectivity index (χ2n) is 7.55. The predicted octanol–water partition coefficient (Wildman–Crippen LogP) is 4.48. The van der Waals surface area contributed by atoms with Gasteiger partial charge in [-0.05, 0) is 41.8 Å². The number of rotatable bonds is 9. The molecule has 0 aliphatic carbocycles. The van der Waals surface area contributed by atoms with Gasteiger partial charge < -0.3 is 20.1 Å². The monoisotopic (exact) mass is 464 g/mol. The number of carbonyl (C=O) groups is 2. The van der Waals surface area contributed by atoms with Crippen LogP contribution in [-0.2, 0) is 14.3 Å². The molecule has 0 aromatic heterocycles. The molecule has 8 heteroatoms. The van der Waals surface area contributed by atoms with Crippen LogP contribution in [0.4, 0.5) is 0 Å². The van der Waals surface area contributed by atoms with Crippen molar-refractivity contribution in [3.8, 4) is 0 Å². The van der Waals surface area contributed by atoms with E-state index in [-0.39, 0.29) is 31.1 Å². The van der Waals surface area contributed by atoms with Crippen LogP contribution in [0.3, 0.4) is 0 Å². The fraction of sp³-hybridized carbons (Fsp3) is 0.391. The van der Waals surface area contributed by atoms with Gasteiger partial charge in [-0.2, -0.15) is 0 Å². The Labute approximate surface area is 192 Å². The summed E-state index contributed by atoms with van der Waals surface area (Å²) in [5, 5.41) is 13.2. The zero-order valence-corrected chi connectivity index (χ0v) is 18.8. The van der Waals surface area contributed by atoms with Crippen molar-refractivity contribution in [2.75, 3.05) is 19.7 Å². The molecule has 1 heterocycles. The average molecular weight is 465 g/mol. The lowest BCUT2D eigenvalue weighted by molar-refractivity contribution is -0.163. The maximum absolute atomic E-state index is 13.1. The molecule has 6 nitrogen and oxygen atoms in total. The van der Waals surface area contributed by atoms with Gasteiger partial charge in [0.15, 0.2) is 0 Å². The highest BCUT2D eigenvalue weighted by Gasteiger charge is 2.41. The molecule has 3 rings (SSSR count). The van der Waals surface area contributed by atoms with Crippen LogP contribution in [-0.4, -0.2) is 47.6 Å². The molecule has 1 aliphatic heterocycles. The first kappa shape index (κ1) is 23.5. The minimum absolute atomic E-state index is 0.0451. The van der Waals surface area contributed by atoms with E-state index in [0.717, 1.165) is 24.0 Å². The minimum Gasteiger partial charge on any atom is -0.480 e. The van der Waals surface area contributed by atoms with E-state index < -0.39 is 12.1 Å². The van der Waals surface area contributed by atoms with Crippen LogP contribution < -0.4 is 5.32 Å². The second kappa shape index (κ2) is 11.0. The van der Waals surface area contributed by atoms with Crippen molar-refractivity contribution in [1.82, 2.24) is 10.2 Å². The lowest BCUT2D eigenvalue weighted by Gasteiger charge is -2.45. The number of aliphatic carboxylic acids is 1. The summed E-state index contributed by atoms with van der Waals surface area (Å²) < 4.78 is 6.03. The number of morpholine rings is 1. The van der Waals surface area contributed by atoms with Crippen LogP contribution in [0.2, 0.25) is 10.0 Å². The molecule has 1 amide bonds. The molecule has 1 saturated heterocycles. The molecule has 1 fully saturated rings. The Morgan fingerprint density at radius 3 is 2.26 bits per heavy atom. The van der Waals surface area contributed by atoms with Crippen molar-refractivity contribution in [3.05, 3.63) is 69.7 Å². The van der Waals surface area contributed by atoms with Crippen molar-refractivity contribution in [1.29, 1.82) is 0 Å². The smallest absolute Gasteiger partial charge is 0.317 e. The molecule has 2 aromatic carbocycles. The minimum atomic E-state index is -0.933. The number of ether oxygens (including phenoxy) is 1. The quantitative estimate of drug-likeness (QED) is 0.571. The molecule has 166 valence electrons. The van der Waals surface area contributed by atoms with Crippen LogP contribution in [0, 0.1) is 0 Å². The van der Waals surface area contributed by atoms with Gasteiger partial charge in [-0.3, -0.25) is 9.59 Å². The van der Waals surface area contributed by atoms with Gasteiger partial charge in [-0.25, -0.2) is 0 Å². The van der Waals surface area contributed by atoms with E-state index in [1.165, 1.54) is 0 Å². The van der Waals surface area contributed by atoms with E-state index in [1.54, 1.807) is 24.3 Å². The molecule has 0 unspecified atom stereocenters. The summed E-state index contributed by atoms with van der Waals surface area (Å²) in [6.45, 7) is 2.22. The Balaban J connectivity index is 2.01. The molecular formula is C23H26Cl2N2O4. The fourth-order valence-electron chi connectivity index (χ4n) is 4.00. The van der Waals surface area contributed by atoms with E-state index in [1.807, 2.05) is 36.1 Å². The maximum Gasteiger partial charge on any atom is 0.317 e. The highest BCUT2D eigenvalue weighted by atomic mass is 35.5. The highest BCUT2D eigenvalue weighted by molar-refractivity contribution is 6.30. The number of nitrogens with zero attached hydrogens (tertiary/aromatic N) is 1. The summed E-state index contributed by atoms with van der Waals surface area (Å²) in [5.41, 5.74) is 1.81. The third kappa shape index (κ3) is 5.98. The number of carboxylic acid groups (broad SMARTS) is 1. The number of hydrogen-bond acceptors (Lipinski definition) is 4. The number of nitrogens with one attached hydrogen (secondary N) is 1. The van der Waals surface area contributed by atoms with Gasteiger partial charge in [0.25, 0.3) is 0 Å². The van der Waals surface area contributed by atoms with Crippen molar-refractivity contribution in [3.63, 3.8) is 0 Å². The van der Waals surface area contributed by atoms with E-state index in [0.29, 0.717) is 16.6 Å². The average Bonchev–Trinajstić information content (AvgIpc) is 2.74. The number of carbonyl (C=O) groups excluding carboxylic acids is 1. The van der Waals surface area contributed by atoms with E-state index >= 15 is 0 Å². The predicted molar refractivity (Wildman–Crippen MR) is 120 cm³/mol. The summed E-state index contributed by atoms with van der Waals surface area (Å²) in [6.07, 6.45) is 1.19. The van der Waals surface area contributed by atoms with Crippen LogP contribution in [0.5, 0.6) is 0 Å². The first-order valence-corrected chi connectivity index (χ1v) is 11.0. The van der Waals surface area contributed by atoms with Gasteiger partial charge in [0, 0.05) is 22.6 Å². The third-order valence-electron chi connectivity index (χ3n) is 5.34. The zero-order chi connectivity index (χ0) is 22.4. The number of hydrogen-bond donors (Lipinski definition) is 2. The maximum atomic E-state index is 13.1. The molecule has 0 bridgehead atoms. The Bertz CT molecular complexity index is 889. The zero-order valence-electron chi connectivity index (χ0n) is 17.3. The number of halogens is 2. The lowest BCUT2D eigenvalue weighted by atomic mass is 9.90. The van der Waals surface area contributed by atoms with Gasteiger partial charge >= 0.3 is 5.97 Å². The van der Waals surface area contributed by atoms with Crippen molar-refractivity contribution in [2.45, 2.75) is 38.0 Å². The summed E-state index contributed by atoms with van der Waals surface area (Å²) in [5.74, 6) is -1.06.